The monoisotopic (exact) mass is 589 g/mol. The smallest absolute Gasteiger partial charge is 0.307 e. The summed E-state index contributed by atoms with van der Waals surface area (Å²) in [5.74, 6) is -1.05. The Morgan fingerprint density at radius 3 is 2.56 bits per heavy atom. The number of hydrogen-bond donors (Lipinski definition) is 1. The van der Waals surface area contributed by atoms with Crippen LogP contribution in [0.15, 0.2) is 84.8 Å². The van der Waals surface area contributed by atoms with E-state index in [-0.39, 0.29) is 25.0 Å². The van der Waals surface area contributed by atoms with Crippen LogP contribution in [-0.2, 0) is 20.7 Å². The minimum atomic E-state index is -0.883. The van der Waals surface area contributed by atoms with Gasteiger partial charge in [0.2, 0.25) is 5.91 Å². The molecule has 0 fully saturated rings. The molecule has 0 aliphatic heterocycles. The summed E-state index contributed by atoms with van der Waals surface area (Å²) in [6, 6.07) is 11.5. The second-order valence-electron chi connectivity index (χ2n) is 10.5. The SMILES string of the molecule is C=CCOc1cc(F)cc(C)c1-c1cccc([C@H](CC(=O)OC)NC(=O)[C@H](CC=C)n2cc(CCN(C)C)ccc2=O)c1. The van der Waals surface area contributed by atoms with E-state index in [1.54, 1.807) is 43.5 Å². The minimum absolute atomic E-state index is 0.146. The van der Waals surface area contributed by atoms with Gasteiger partial charge in [0.15, 0.2) is 0 Å². The van der Waals surface area contributed by atoms with Crippen LogP contribution in [0.25, 0.3) is 11.1 Å². The standard InChI is InChI=1S/C34H40FN3O5/c1-7-10-29(38-22-24(13-14-31(38)39)15-16-37(4)5)34(41)36-28(21-32(40)42-6)25-11-9-12-26(19-25)33-23(3)18-27(35)20-30(33)43-17-8-2/h7-9,11-14,18-20,22,28-29H,1-2,10,15-17,21H2,3-6H3,(H,36,41)/t28-,29-/m0/s1. The maximum absolute atomic E-state index is 14.3. The van der Waals surface area contributed by atoms with Crippen LogP contribution in [-0.4, -0.2) is 55.7 Å². The number of likely N-dealkylation sites (N-methyl/N-ethyl adjacent to an activating group) is 1. The van der Waals surface area contributed by atoms with E-state index in [0.29, 0.717) is 34.4 Å². The van der Waals surface area contributed by atoms with Gasteiger partial charge in [-0.25, -0.2) is 4.39 Å². The first-order valence-electron chi connectivity index (χ1n) is 14.1. The molecular weight excluding hydrogens is 549 g/mol. The zero-order valence-electron chi connectivity index (χ0n) is 25.3. The van der Waals surface area contributed by atoms with Gasteiger partial charge in [-0.2, -0.15) is 0 Å². The molecule has 0 radical (unpaired) electrons. The van der Waals surface area contributed by atoms with Gasteiger partial charge >= 0.3 is 5.97 Å². The first-order chi connectivity index (χ1) is 20.6. The van der Waals surface area contributed by atoms with Crippen LogP contribution in [0.5, 0.6) is 5.75 Å². The number of esters is 1. The summed E-state index contributed by atoms with van der Waals surface area (Å²) in [5.41, 5.74) is 3.27. The molecule has 1 amide bonds. The summed E-state index contributed by atoms with van der Waals surface area (Å²) < 4.78 is 26.4. The highest BCUT2D eigenvalue weighted by molar-refractivity contribution is 5.82. The molecule has 3 rings (SSSR count). The van der Waals surface area contributed by atoms with E-state index < -0.39 is 29.8 Å². The highest BCUT2D eigenvalue weighted by Gasteiger charge is 2.26. The molecule has 1 heterocycles. The van der Waals surface area contributed by atoms with E-state index in [2.05, 4.69) is 18.5 Å². The molecule has 0 unspecified atom stereocenters. The third-order valence-electron chi connectivity index (χ3n) is 6.99. The van der Waals surface area contributed by atoms with Crippen LogP contribution in [0, 0.1) is 12.7 Å². The molecule has 0 spiro atoms. The quantitative estimate of drug-likeness (QED) is 0.194. The van der Waals surface area contributed by atoms with Gasteiger partial charge in [-0.15, -0.1) is 6.58 Å². The zero-order chi connectivity index (χ0) is 31.5. The fourth-order valence-corrected chi connectivity index (χ4v) is 4.82. The Hall–Kier alpha value is -4.50. The van der Waals surface area contributed by atoms with Crippen LogP contribution in [0.4, 0.5) is 4.39 Å². The predicted octanol–water partition coefficient (Wildman–Crippen LogP) is 5.17. The molecule has 0 aliphatic rings. The van der Waals surface area contributed by atoms with Crippen LogP contribution >= 0.6 is 0 Å². The lowest BCUT2D eigenvalue weighted by Crippen LogP contribution is -2.39. The lowest BCUT2D eigenvalue weighted by atomic mass is 9.94. The Kier molecular flexibility index (Phi) is 12.0. The van der Waals surface area contributed by atoms with Gasteiger partial charge < -0.3 is 24.3 Å². The number of nitrogens with zero attached hydrogens (tertiary/aromatic N) is 2. The lowest BCUT2D eigenvalue weighted by molar-refractivity contribution is -0.141. The number of pyridine rings is 1. The van der Waals surface area contributed by atoms with Crippen LogP contribution in [0.3, 0.4) is 0 Å². The van der Waals surface area contributed by atoms with E-state index in [9.17, 15) is 18.8 Å². The number of aryl methyl sites for hydroxylation is 1. The van der Waals surface area contributed by atoms with Gasteiger partial charge in [-0.05, 0) is 68.2 Å². The fraction of sp³-hybridized carbons (Fsp3) is 0.324. The van der Waals surface area contributed by atoms with Gasteiger partial charge in [-0.1, -0.05) is 43.0 Å². The van der Waals surface area contributed by atoms with Crippen molar-refractivity contribution in [2.45, 2.75) is 38.3 Å². The average Bonchev–Trinajstić information content (AvgIpc) is 2.97. The first-order valence-corrected chi connectivity index (χ1v) is 14.1. The number of benzene rings is 2. The predicted molar refractivity (Wildman–Crippen MR) is 167 cm³/mol. The summed E-state index contributed by atoms with van der Waals surface area (Å²) in [6.45, 7) is 10.2. The Bertz CT molecular complexity index is 1510. The third-order valence-corrected chi connectivity index (χ3v) is 6.99. The Balaban J connectivity index is 2.01. The summed E-state index contributed by atoms with van der Waals surface area (Å²) in [6.07, 6.45) is 5.62. The molecule has 8 nitrogen and oxygen atoms in total. The molecule has 0 bridgehead atoms. The second-order valence-corrected chi connectivity index (χ2v) is 10.5. The highest BCUT2D eigenvalue weighted by atomic mass is 19.1. The lowest BCUT2D eigenvalue weighted by Gasteiger charge is -2.24. The Morgan fingerprint density at radius 2 is 1.88 bits per heavy atom. The number of nitrogens with one attached hydrogen (secondary N) is 1. The summed E-state index contributed by atoms with van der Waals surface area (Å²) in [4.78, 5) is 41.2. The molecular formula is C34H40FN3O5. The molecule has 9 heteroatoms. The molecule has 3 aromatic rings. The number of allylic oxidation sites excluding steroid dienone is 1. The number of aromatic nitrogens is 1. The van der Waals surface area contributed by atoms with E-state index >= 15 is 0 Å². The first kappa shape index (κ1) is 33.0. The Labute approximate surface area is 252 Å². The van der Waals surface area contributed by atoms with Crippen molar-refractivity contribution in [2.24, 2.45) is 0 Å². The van der Waals surface area contributed by atoms with Crippen LogP contribution in [0.2, 0.25) is 0 Å². The highest BCUT2D eigenvalue weighted by Crippen LogP contribution is 2.36. The molecule has 2 atom stereocenters. The van der Waals surface area contributed by atoms with Gasteiger partial charge in [0.25, 0.3) is 5.56 Å². The largest absolute Gasteiger partial charge is 0.489 e. The number of ether oxygens (including phenoxy) is 2. The molecule has 43 heavy (non-hydrogen) atoms. The number of halogens is 1. The maximum Gasteiger partial charge on any atom is 0.307 e. The molecule has 228 valence electrons. The third kappa shape index (κ3) is 8.99. The topological polar surface area (TPSA) is 89.9 Å². The van der Waals surface area contributed by atoms with Crippen molar-refractivity contribution in [1.29, 1.82) is 0 Å². The van der Waals surface area contributed by atoms with Crippen LogP contribution < -0.4 is 15.6 Å². The molecule has 1 N–H and O–H groups in total. The number of hydrogen-bond acceptors (Lipinski definition) is 6. The fourth-order valence-electron chi connectivity index (χ4n) is 4.82. The van der Waals surface area contributed by atoms with Crippen molar-refractivity contribution >= 4 is 11.9 Å². The van der Waals surface area contributed by atoms with Crippen molar-refractivity contribution in [3.05, 3.63) is 113 Å². The Morgan fingerprint density at radius 1 is 1.12 bits per heavy atom. The average molecular weight is 590 g/mol. The van der Waals surface area contributed by atoms with Gasteiger partial charge in [0, 0.05) is 30.4 Å². The number of amides is 1. The number of carbonyl (C=O) groups is 2. The second kappa shape index (κ2) is 15.7. The zero-order valence-corrected chi connectivity index (χ0v) is 25.3. The summed E-state index contributed by atoms with van der Waals surface area (Å²) in [7, 11) is 5.21. The van der Waals surface area contributed by atoms with Crippen LogP contribution in [0.1, 0.15) is 41.6 Å². The van der Waals surface area contributed by atoms with Crippen molar-refractivity contribution in [3.8, 4) is 16.9 Å². The normalized spacial score (nSPS) is 12.3. The summed E-state index contributed by atoms with van der Waals surface area (Å²) >= 11 is 0. The molecule has 2 aromatic carbocycles. The van der Waals surface area contributed by atoms with Gasteiger partial charge in [0.1, 0.15) is 24.2 Å². The van der Waals surface area contributed by atoms with Crippen molar-refractivity contribution < 1.29 is 23.5 Å². The molecule has 0 aliphatic carbocycles. The van der Waals surface area contributed by atoms with Gasteiger partial charge in [0.05, 0.1) is 19.6 Å². The molecule has 1 aromatic heterocycles. The van der Waals surface area contributed by atoms with E-state index in [0.717, 1.165) is 12.1 Å². The molecule has 0 saturated heterocycles. The van der Waals surface area contributed by atoms with Gasteiger partial charge in [-0.3, -0.25) is 14.4 Å². The van der Waals surface area contributed by atoms with Crippen molar-refractivity contribution in [2.75, 3.05) is 34.4 Å². The minimum Gasteiger partial charge on any atom is -0.489 e. The van der Waals surface area contributed by atoms with Crippen molar-refractivity contribution in [3.63, 3.8) is 0 Å². The maximum atomic E-state index is 14.3. The van der Waals surface area contributed by atoms with E-state index in [1.807, 2.05) is 31.1 Å². The number of carbonyl (C=O) groups excluding carboxylic acids is 2. The number of methoxy groups -OCH3 is 1. The number of rotatable bonds is 15. The van der Waals surface area contributed by atoms with Crippen molar-refractivity contribution in [1.82, 2.24) is 14.8 Å². The molecule has 0 saturated carbocycles. The summed E-state index contributed by atoms with van der Waals surface area (Å²) in [5, 5.41) is 2.97. The van der Waals surface area contributed by atoms with E-state index in [1.165, 1.54) is 29.9 Å². The van der Waals surface area contributed by atoms with E-state index in [4.69, 9.17) is 9.47 Å².